The van der Waals surface area contributed by atoms with Crippen LogP contribution in [0.2, 0.25) is 0 Å². The Bertz CT molecular complexity index is 564. The zero-order valence-corrected chi connectivity index (χ0v) is 14.1. The predicted octanol–water partition coefficient (Wildman–Crippen LogP) is 2.93. The summed E-state index contributed by atoms with van der Waals surface area (Å²) in [7, 11) is 0. The Morgan fingerprint density at radius 3 is 2.95 bits per heavy atom. The number of rotatable bonds is 4. The lowest BCUT2D eigenvalue weighted by Gasteiger charge is -2.31. The van der Waals surface area contributed by atoms with Gasteiger partial charge in [0.25, 0.3) is 0 Å². The van der Waals surface area contributed by atoms with Crippen molar-refractivity contribution < 1.29 is 18.7 Å². The number of benzene rings is 1. The molecule has 1 aliphatic heterocycles. The fraction of sp³-hybridized carbons (Fsp3) is 0.500. The number of halogens is 2. The number of carbonyl (C=O) groups excluding carboxylic acids is 2. The van der Waals surface area contributed by atoms with Crippen molar-refractivity contribution in [2.24, 2.45) is 5.92 Å². The average Bonchev–Trinajstić information content (AvgIpc) is 2.51. The van der Waals surface area contributed by atoms with Gasteiger partial charge >= 0.3 is 5.97 Å². The van der Waals surface area contributed by atoms with Gasteiger partial charge in [0.1, 0.15) is 5.82 Å². The van der Waals surface area contributed by atoms with Gasteiger partial charge in [0.15, 0.2) is 0 Å². The van der Waals surface area contributed by atoms with Gasteiger partial charge < -0.3 is 9.64 Å². The van der Waals surface area contributed by atoms with Crippen LogP contribution >= 0.6 is 15.9 Å². The van der Waals surface area contributed by atoms with E-state index < -0.39 is 5.82 Å². The number of ether oxygens (including phenoxy) is 1. The van der Waals surface area contributed by atoms with Crippen molar-refractivity contribution in [3.63, 3.8) is 0 Å². The van der Waals surface area contributed by atoms with E-state index in [-0.39, 0.29) is 24.2 Å². The topological polar surface area (TPSA) is 46.6 Å². The number of likely N-dealkylation sites (tertiary alicyclic amines) is 1. The van der Waals surface area contributed by atoms with Crippen molar-refractivity contribution in [1.82, 2.24) is 4.90 Å². The fourth-order valence-corrected chi connectivity index (χ4v) is 3.02. The second-order valence-corrected chi connectivity index (χ2v) is 6.26. The first kappa shape index (κ1) is 16.9. The normalized spacial score (nSPS) is 18.1. The molecule has 2 rings (SSSR count). The van der Waals surface area contributed by atoms with Crippen molar-refractivity contribution in [2.75, 3.05) is 19.7 Å². The Labute approximate surface area is 137 Å². The molecule has 1 aromatic carbocycles. The van der Waals surface area contributed by atoms with E-state index in [2.05, 4.69) is 15.9 Å². The number of hydrogen-bond acceptors (Lipinski definition) is 3. The highest BCUT2D eigenvalue weighted by atomic mass is 79.9. The van der Waals surface area contributed by atoms with Crippen molar-refractivity contribution in [3.8, 4) is 0 Å². The third-order valence-corrected chi connectivity index (χ3v) is 4.24. The molecule has 0 radical (unpaired) electrons. The van der Waals surface area contributed by atoms with Crippen LogP contribution in [0.3, 0.4) is 0 Å². The van der Waals surface area contributed by atoms with Crippen LogP contribution in [-0.2, 0) is 20.7 Å². The van der Waals surface area contributed by atoms with Crippen LogP contribution in [0.5, 0.6) is 0 Å². The van der Waals surface area contributed by atoms with Gasteiger partial charge in [-0.05, 0) is 43.5 Å². The molecule has 1 aliphatic rings. The molecule has 1 unspecified atom stereocenters. The maximum atomic E-state index is 13.7. The van der Waals surface area contributed by atoms with Crippen LogP contribution in [-0.4, -0.2) is 36.5 Å². The summed E-state index contributed by atoms with van der Waals surface area (Å²) in [5.41, 5.74) is 0.359. The molecule has 1 amide bonds. The molecule has 1 atom stereocenters. The Morgan fingerprint density at radius 2 is 2.23 bits per heavy atom. The highest BCUT2D eigenvalue weighted by Gasteiger charge is 2.29. The molecular formula is C16H19BrFNO3. The Hall–Kier alpha value is -1.43. The minimum atomic E-state index is -0.393. The Balaban J connectivity index is 2.00. The minimum Gasteiger partial charge on any atom is -0.466 e. The van der Waals surface area contributed by atoms with E-state index >= 15 is 0 Å². The van der Waals surface area contributed by atoms with E-state index in [0.717, 1.165) is 17.3 Å². The lowest BCUT2D eigenvalue weighted by Crippen LogP contribution is -2.43. The van der Waals surface area contributed by atoms with Crippen LogP contribution in [0.15, 0.2) is 22.7 Å². The number of piperidine rings is 1. The SMILES string of the molecule is CCOC(=O)C1CCCN(C(=O)Cc2cc(Br)ccc2F)C1. The monoisotopic (exact) mass is 371 g/mol. The third kappa shape index (κ3) is 4.29. The van der Waals surface area contributed by atoms with Crippen molar-refractivity contribution in [2.45, 2.75) is 26.2 Å². The van der Waals surface area contributed by atoms with Crippen LogP contribution in [0.1, 0.15) is 25.3 Å². The Kier molecular flexibility index (Phi) is 5.94. The third-order valence-electron chi connectivity index (χ3n) is 3.74. The second-order valence-electron chi connectivity index (χ2n) is 5.34. The van der Waals surface area contributed by atoms with E-state index in [9.17, 15) is 14.0 Å². The van der Waals surface area contributed by atoms with Gasteiger partial charge in [0.05, 0.1) is 18.9 Å². The molecule has 1 heterocycles. The molecule has 0 N–H and O–H groups in total. The van der Waals surface area contributed by atoms with Crippen LogP contribution in [0.4, 0.5) is 4.39 Å². The summed E-state index contributed by atoms with van der Waals surface area (Å²) in [5, 5.41) is 0. The van der Waals surface area contributed by atoms with Crippen LogP contribution < -0.4 is 0 Å². The van der Waals surface area contributed by atoms with E-state index in [1.165, 1.54) is 6.07 Å². The summed E-state index contributed by atoms with van der Waals surface area (Å²) in [5.74, 6) is -1.08. The summed E-state index contributed by atoms with van der Waals surface area (Å²) in [6.45, 7) is 3.06. The lowest BCUT2D eigenvalue weighted by molar-refractivity contribution is -0.151. The lowest BCUT2D eigenvalue weighted by atomic mass is 9.97. The maximum Gasteiger partial charge on any atom is 0.310 e. The fourth-order valence-electron chi connectivity index (χ4n) is 2.61. The molecule has 6 heteroatoms. The van der Waals surface area contributed by atoms with Crippen LogP contribution in [0.25, 0.3) is 0 Å². The molecule has 1 saturated heterocycles. The van der Waals surface area contributed by atoms with Gasteiger partial charge in [-0.1, -0.05) is 15.9 Å². The first-order valence-electron chi connectivity index (χ1n) is 7.39. The van der Waals surface area contributed by atoms with E-state index in [1.807, 2.05) is 0 Å². The van der Waals surface area contributed by atoms with Crippen molar-refractivity contribution in [1.29, 1.82) is 0 Å². The molecule has 1 aromatic rings. The van der Waals surface area contributed by atoms with Crippen molar-refractivity contribution in [3.05, 3.63) is 34.1 Å². The van der Waals surface area contributed by atoms with Crippen molar-refractivity contribution >= 4 is 27.8 Å². The van der Waals surface area contributed by atoms with Gasteiger partial charge in [-0.25, -0.2) is 4.39 Å². The summed E-state index contributed by atoms with van der Waals surface area (Å²) in [4.78, 5) is 25.8. The molecule has 0 bridgehead atoms. The summed E-state index contributed by atoms with van der Waals surface area (Å²) in [6.07, 6.45) is 1.49. The van der Waals surface area contributed by atoms with Gasteiger partial charge in [0.2, 0.25) is 5.91 Å². The minimum absolute atomic E-state index is 0.000812. The first-order chi connectivity index (χ1) is 10.5. The maximum absolute atomic E-state index is 13.7. The van der Waals surface area contributed by atoms with Gasteiger partial charge in [-0.15, -0.1) is 0 Å². The Morgan fingerprint density at radius 1 is 1.45 bits per heavy atom. The van der Waals surface area contributed by atoms with Crippen LogP contribution in [0, 0.1) is 11.7 Å². The molecular weight excluding hydrogens is 353 g/mol. The number of hydrogen-bond donors (Lipinski definition) is 0. The van der Waals surface area contributed by atoms with E-state index in [1.54, 1.807) is 24.0 Å². The average molecular weight is 372 g/mol. The zero-order chi connectivity index (χ0) is 16.1. The van der Waals surface area contributed by atoms with E-state index in [4.69, 9.17) is 4.74 Å². The number of carbonyl (C=O) groups is 2. The molecule has 4 nitrogen and oxygen atoms in total. The summed E-state index contributed by atoms with van der Waals surface area (Å²) < 4.78 is 19.5. The highest BCUT2D eigenvalue weighted by molar-refractivity contribution is 9.10. The highest BCUT2D eigenvalue weighted by Crippen LogP contribution is 2.21. The second kappa shape index (κ2) is 7.72. The van der Waals surface area contributed by atoms with Gasteiger partial charge in [-0.2, -0.15) is 0 Å². The number of amides is 1. The van der Waals surface area contributed by atoms with Gasteiger partial charge in [0, 0.05) is 17.6 Å². The molecule has 0 aromatic heterocycles. The van der Waals surface area contributed by atoms with E-state index in [0.29, 0.717) is 25.3 Å². The summed E-state index contributed by atoms with van der Waals surface area (Å²) in [6, 6.07) is 4.55. The molecule has 0 saturated carbocycles. The molecule has 120 valence electrons. The zero-order valence-electron chi connectivity index (χ0n) is 12.5. The quantitative estimate of drug-likeness (QED) is 0.764. The number of nitrogens with zero attached hydrogens (tertiary/aromatic N) is 1. The smallest absolute Gasteiger partial charge is 0.310 e. The number of esters is 1. The molecule has 0 aliphatic carbocycles. The van der Waals surface area contributed by atoms with Gasteiger partial charge in [-0.3, -0.25) is 9.59 Å². The largest absolute Gasteiger partial charge is 0.466 e. The first-order valence-corrected chi connectivity index (χ1v) is 8.19. The molecule has 0 spiro atoms. The standard InChI is InChI=1S/C16H19BrFNO3/c1-2-22-16(21)11-4-3-7-19(10-11)15(20)9-12-8-13(17)5-6-14(12)18/h5-6,8,11H,2-4,7,9-10H2,1H3. The predicted molar refractivity (Wildman–Crippen MR) is 83.7 cm³/mol. The molecule has 1 fully saturated rings. The molecule has 22 heavy (non-hydrogen) atoms. The summed E-state index contributed by atoms with van der Waals surface area (Å²) >= 11 is 3.28.